The van der Waals surface area contributed by atoms with Gasteiger partial charge in [0, 0.05) is 29.2 Å². The molecule has 0 saturated carbocycles. The number of hydrogen-bond acceptors (Lipinski definition) is 3. The number of nitrogens with zero attached hydrogens (tertiary/aromatic N) is 2. The smallest absolute Gasteiger partial charge is 0.253 e. The molecule has 28 heavy (non-hydrogen) atoms. The molecule has 1 atom stereocenters. The van der Waals surface area contributed by atoms with Crippen molar-refractivity contribution in [3.05, 3.63) is 70.2 Å². The number of hydrogen-bond donors (Lipinski definition) is 0. The number of amides is 1. The third kappa shape index (κ3) is 4.39. The quantitative estimate of drug-likeness (QED) is 0.757. The van der Waals surface area contributed by atoms with E-state index in [-0.39, 0.29) is 12.0 Å². The van der Waals surface area contributed by atoms with Gasteiger partial charge in [-0.15, -0.1) is 0 Å². The van der Waals surface area contributed by atoms with Crippen LogP contribution in [0.3, 0.4) is 0 Å². The molecule has 0 N–H and O–H groups in total. The zero-order chi connectivity index (χ0) is 19.5. The molecule has 5 heteroatoms. The van der Waals surface area contributed by atoms with Crippen molar-refractivity contribution >= 4 is 23.4 Å². The largest absolute Gasteiger partial charge is 0.472 e. The molecule has 0 radical (unpaired) electrons. The summed E-state index contributed by atoms with van der Waals surface area (Å²) in [7, 11) is 0. The number of carbonyl (C=O) groups is 1. The topological polar surface area (TPSA) is 41.9 Å². The van der Waals surface area contributed by atoms with Crippen LogP contribution >= 0.6 is 11.6 Å². The van der Waals surface area contributed by atoms with E-state index >= 15 is 0 Å². The highest BCUT2D eigenvalue weighted by atomic mass is 35.5. The summed E-state index contributed by atoms with van der Waals surface area (Å²) in [6.07, 6.45) is 3.30. The lowest BCUT2D eigenvalue weighted by molar-refractivity contribution is 0.0690. The van der Waals surface area contributed by atoms with Crippen molar-refractivity contribution in [2.24, 2.45) is 10.9 Å². The van der Waals surface area contributed by atoms with Crippen molar-refractivity contribution in [1.29, 1.82) is 0 Å². The number of benzene rings is 2. The predicted molar refractivity (Wildman–Crippen MR) is 112 cm³/mol. The molecule has 2 aliphatic heterocycles. The molecule has 2 aromatic carbocycles. The maximum Gasteiger partial charge on any atom is 0.253 e. The molecule has 4 nitrogen and oxygen atoms in total. The molecule has 146 valence electrons. The van der Waals surface area contributed by atoms with Gasteiger partial charge < -0.3 is 9.64 Å². The first-order valence-corrected chi connectivity index (χ1v) is 10.3. The van der Waals surface area contributed by atoms with Crippen molar-refractivity contribution in [2.75, 3.05) is 19.6 Å². The fourth-order valence-corrected chi connectivity index (χ4v) is 3.99. The Kier molecular flexibility index (Phi) is 5.67. The van der Waals surface area contributed by atoms with Gasteiger partial charge in [-0.25, -0.2) is 4.99 Å². The number of halogens is 1. The minimum Gasteiger partial charge on any atom is -0.472 e. The molecule has 4 rings (SSSR count). The van der Waals surface area contributed by atoms with Gasteiger partial charge in [-0.05, 0) is 74.1 Å². The Labute approximate surface area is 171 Å². The molecule has 0 aliphatic carbocycles. The van der Waals surface area contributed by atoms with Gasteiger partial charge in [0.05, 0.1) is 6.54 Å². The van der Waals surface area contributed by atoms with E-state index in [0.29, 0.717) is 16.5 Å². The fraction of sp³-hybridized carbons (Fsp3) is 0.391. The van der Waals surface area contributed by atoms with Crippen molar-refractivity contribution in [2.45, 2.75) is 32.3 Å². The van der Waals surface area contributed by atoms with Crippen LogP contribution in [0.5, 0.6) is 0 Å². The average molecular weight is 397 g/mol. The van der Waals surface area contributed by atoms with Gasteiger partial charge in [0.15, 0.2) is 0 Å². The zero-order valence-electron chi connectivity index (χ0n) is 16.1. The molecule has 1 unspecified atom stereocenters. The van der Waals surface area contributed by atoms with Crippen LogP contribution in [0, 0.1) is 5.92 Å². The second kappa shape index (κ2) is 8.36. The maximum atomic E-state index is 12.6. The third-order valence-corrected chi connectivity index (χ3v) is 5.77. The number of carbonyl (C=O) groups excluding carboxylic acids is 1. The van der Waals surface area contributed by atoms with E-state index in [1.807, 2.05) is 11.8 Å². The first kappa shape index (κ1) is 19.0. The summed E-state index contributed by atoms with van der Waals surface area (Å²) in [6.45, 7) is 4.40. The second-order valence-electron chi connectivity index (χ2n) is 7.72. The summed E-state index contributed by atoms with van der Waals surface area (Å²) >= 11 is 5.91. The summed E-state index contributed by atoms with van der Waals surface area (Å²) in [5.41, 5.74) is 3.10. The lowest BCUT2D eigenvalue weighted by Crippen LogP contribution is -2.38. The van der Waals surface area contributed by atoms with Gasteiger partial charge in [-0.3, -0.25) is 4.79 Å². The highest BCUT2D eigenvalue weighted by Gasteiger charge is 2.24. The molecule has 2 aliphatic rings. The van der Waals surface area contributed by atoms with Gasteiger partial charge in [0.2, 0.25) is 5.90 Å². The summed E-state index contributed by atoms with van der Waals surface area (Å²) in [5.74, 6) is 1.47. The van der Waals surface area contributed by atoms with E-state index in [1.54, 1.807) is 24.3 Å². The maximum absolute atomic E-state index is 12.6. The van der Waals surface area contributed by atoms with Crippen LogP contribution < -0.4 is 0 Å². The van der Waals surface area contributed by atoms with E-state index in [0.717, 1.165) is 50.4 Å². The first-order chi connectivity index (χ1) is 13.6. The average Bonchev–Trinajstić information content (AvgIpc) is 3.15. The molecule has 0 spiro atoms. The summed E-state index contributed by atoms with van der Waals surface area (Å²) in [5, 5.41) is 0.655. The number of piperidine rings is 1. The van der Waals surface area contributed by atoms with Crippen molar-refractivity contribution in [3.63, 3.8) is 0 Å². The monoisotopic (exact) mass is 396 g/mol. The van der Waals surface area contributed by atoms with Gasteiger partial charge in [0.25, 0.3) is 5.91 Å². The lowest BCUT2D eigenvalue weighted by atomic mass is 9.89. The SMILES string of the molecule is CC1CN=C(c2ccc(CC3CCN(C(=O)c4ccc(Cl)cc4)CC3)cc2)O1. The van der Waals surface area contributed by atoms with Gasteiger partial charge in [0.1, 0.15) is 6.10 Å². The van der Waals surface area contributed by atoms with E-state index in [4.69, 9.17) is 16.3 Å². The van der Waals surface area contributed by atoms with Crippen LogP contribution in [0.4, 0.5) is 0 Å². The van der Waals surface area contributed by atoms with Gasteiger partial charge in [-0.2, -0.15) is 0 Å². The minimum atomic E-state index is 0.103. The third-order valence-electron chi connectivity index (χ3n) is 5.52. The molecule has 2 heterocycles. The Balaban J connectivity index is 1.29. The van der Waals surface area contributed by atoms with Crippen LogP contribution in [-0.4, -0.2) is 42.4 Å². The van der Waals surface area contributed by atoms with E-state index in [1.165, 1.54) is 5.56 Å². The Bertz CT molecular complexity index is 853. The van der Waals surface area contributed by atoms with E-state index in [2.05, 4.69) is 29.3 Å². The van der Waals surface area contributed by atoms with Crippen molar-refractivity contribution in [1.82, 2.24) is 4.90 Å². The van der Waals surface area contributed by atoms with E-state index in [9.17, 15) is 4.79 Å². The molecular formula is C23H25ClN2O2. The molecular weight excluding hydrogens is 372 g/mol. The predicted octanol–water partition coefficient (Wildman–Crippen LogP) is 4.60. The van der Waals surface area contributed by atoms with Crippen LogP contribution in [0.15, 0.2) is 53.5 Å². The molecule has 1 fully saturated rings. The molecule has 1 amide bonds. The summed E-state index contributed by atoms with van der Waals surface area (Å²) in [6, 6.07) is 15.7. The normalized spacial score (nSPS) is 20.0. The van der Waals surface area contributed by atoms with Crippen molar-refractivity contribution in [3.8, 4) is 0 Å². The van der Waals surface area contributed by atoms with Crippen LogP contribution in [-0.2, 0) is 11.2 Å². The summed E-state index contributed by atoms with van der Waals surface area (Å²) < 4.78 is 5.72. The van der Waals surface area contributed by atoms with Crippen molar-refractivity contribution < 1.29 is 9.53 Å². The molecule has 2 aromatic rings. The van der Waals surface area contributed by atoms with E-state index < -0.39 is 0 Å². The van der Waals surface area contributed by atoms with Gasteiger partial charge >= 0.3 is 0 Å². The summed E-state index contributed by atoms with van der Waals surface area (Å²) in [4.78, 5) is 19.0. The zero-order valence-corrected chi connectivity index (χ0v) is 16.9. The number of aliphatic imine (C=N–C) groups is 1. The Morgan fingerprint density at radius 1 is 1.11 bits per heavy atom. The Morgan fingerprint density at radius 2 is 1.79 bits per heavy atom. The number of likely N-dealkylation sites (tertiary alicyclic amines) is 1. The second-order valence-corrected chi connectivity index (χ2v) is 8.15. The first-order valence-electron chi connectivity index (χ1n) is 9.94. The number of rotatable bonds is 4. The molecule has 0 bridgehead atoms. The van der Waals surface area contributed by atoms with Crippen LogP contribution in [0.25, 0.3) is 0 Å². The van der Waals surface area contributed by atoms with Gasteiger partial charge in [-0.1, -0.05) is 23.7 Å². The van der Waals surface area contributed by atoms with Crippen LogP contribution in [0.1, 0.15) is 41.3 Å². The Morgan fingerprint density at radius 3 is 2.39 bits per heavy atom. The molecule has 0 aromatic heterocycles. The lowest BCUT2D eigenvalue weighted by Gasteiger charge is -2.32. The standard InChI is InChI=1S/C23H25ClN2O2/c1-16-15-25-22(28-16)19-4-2-17(3-5-19)14-18-10-12-26(13-11-18)23(27)20-6-8-21(24)9-7-20/h2-9,16,18H,10-15H2,1H3. The number of ether oxygens (including phenoxy) is 1. The fourth-order valence-electron chi connectivity index (χ4n) is 3.87. The molecule has 1 saturated heterocycles. The Hall–Kier alpha value is -2.33. The highest BCUT2D eigenvalue weighted by molar-refractivity contribution is 6.30. The highest BCUT2D eigenvalue weighted by Crippen LogP contribution is 2.24. The van der Waals surface area contributed by atoms with Crippen LogP contribution in [0.2, 0.25) is 5.02 Å². The minimum absolute atomic E-state index is 0.103.